The van der Waals surface area contributed by atoms with Crippen molar-refractivity contribution in [3.8, 4) is 0 Å². The van der Waals surface area contributed by atoms with Crippen molar-refractivity contribution < 1.29 is 0 Å². The second-order valence-electron chi connectivity index (χ2n) is 4.72. The number of hydrogen-bond acceptors (Lipinski definition) is 3. The molecule has 0 aromatic carbocycles. The lowest BCUT2D eigenvalue weighted by atomic mass is 10.1. The van der Waals surface area contributed by atoms with Gasteiger partial charge >= 0.3 is 0 Å². The van der Waals surface area contributed by atoms with Crippen LogP contribution in [0.5, 0.6) is 0 Å². The second kappa shape index (κ2) is 4.70. The number of rotatable bonds is 2. The van der Waals surface area contributed by atoms with Crippen molar-refractivity contribution in [1.82, 2.24) is 9.97 Å². The number of hydrogen-bond donors (Lipinski definition) is 0. The summed E-state index contributed by atoms with van der Waals surface area (Å²) in [6.45, 7) is 8.45. The van der Waals surface area contributed by atoms with Crippen molar-refractivity contribution in [2.24, 2.45) is 0 Å². The first kappa shape index (κ1) is 11.8. The molecule has 1 aliphatic rings. The molecule has 0 radical (unpaired) electrons. The Hall–Kier alpha value is -0.640. The largest absolute Gasteiger partial charge is 0.340 e. The molecule has 3 nitrogen and oxygen atoms in total. The van der Waals surface area contributed by atoms with Gasteiger partial charge in [-0.25, -0.2) is 9.97 Å². The predicted molar refractivity (Wildman–Crippen MR) is 70.4 cm³/mol. The van der Waals surface area contributed by atoms with E-state index < -0.39 is 0 Å². The Kier molecular flexibility index (Phi) is 3.47. The van der Waals surface area contributed by atoms with E-state index in [1.165, 1.54) is 6.42 Å². The fourth-order valence-electron chi connectivity index (χ4n) is 1.91. The molecule has 1 aliphatic heterocycles. The zero-order chi connectivity index (χ0) is 11.7. The normalized spacial score (nSPS) is 20.8. The third-order valence-electron chi connectivity index (χ3n) is 2.87. The minimum atomic E-state index is 0.461. The van der Waals surface area contributed by atoms with Crippen molar-refractivity contribution >= 4 is 21.9 Å². The Morgan fingerprint density at radius 1 is 1.44 bits per heavy atom. The standard InChI is InChI=1S/C12H18BrN3/c1-8(2)11-6-9(3)14-12(15-11)16-5-4-10(13)7-16/h6,8,10H,4-5,7H2,1-3H3. The quantitative estimate of drug-likeness (QED) is 0.782. The van der Waals surface area contributed by atoms with Gasteiger partial charge in [-0.1, -0.05) is 29.8 Å². The van der Waals surface area contributed by atoms with E-state index in [2.05, 4.69) is 50.7 Å². The SMILES string of the molecule is Cc1cc(C(C)C)nc(N2CCC(Br)C2)n1. The lowest BCUT2D eigenvalue weighted by molar-refractivity contribution is 0.789. The summed E-state index contributed by atoms with van der Waals surface area (Å²) >= 11 is 3.64. The molecule has 1 aromatic rings. The van der Waals surface area contributed by atoms with E-state index in [0.717, 1.165) is 30.4 Å². The highest BCUT2D eigenvalue weighted by molar-refractivity contribution is 9.09. The van der Waals surface area contributed by atoms with Crippen molar-refractivity contribution in [2.45, 2.75) is 37.9 Å². The fraction of sp³-hybridized carbons (Fsp3) is 0.667. The molecule has 0 spiro atoms. The minimum Gasteiger partial charge on any atom is -0.340 e. The van der Waals surface area contributed by atoms with Gasteiger partial charge in [0.1, 0.15) is 0 Å². The summed E-state index contributed by atoms with van der Waals surface area (Å²) in [4.78, 5) is 12.0. The fourth-order valence-corrected chi connectivity index (χ4v) is 2.47. The Morgan fingerprint density at radius 2 is 2.19 bits per heavy atom. The molecule has 1 fully saturated rings. The minimum absolute atomic E-state index is 0.461. The molecule has 0 amide bonds. The van der Waals surface area contributed by atoms with Crippen LogP contribution in [0.3, 0.4) is 0 Å². The monoisotopic (exact) mass is 283 g/mol. The van der Waals surface area contributed by atoms with E-state index in [4.69, 9.17) is 0 Å². The Bertz CT molecular complexity index is 379. The number of aryl methyl sites for hydroxylation is 1. The summed E-state index contributed by atoms with van der Waals surface area (Å²) in [5.41, 5.74) is 2.20. The number of anilines is 1. The lowest BCUT2D eigenvalue weighted by Gasteiger charge is -2.17. The van der Waals surface area contributed by atoms with Gasteiger partial charge in [0.05, 0.1) is 0 Å². The topological polar surface area (TPSA) is 29.0 Å². The van der Waals surface area contributed by atoms with Gasteiger partial charge in [-0.3, -0.25) is 0 Å². The third kappa shape index (κ3) is 2.54. The van der Waals surface area contributed by atoms with Gasteiger partial charge in [0.15, 0.2) is 0 Å². The number of aromatic nitrogens is 2. The molecule has 88 valence electrons. The van der Waals surface area contributed by atoms with E-state index >= 15 is 0 Å². The lowest BCUT2D eigenvalue weighted by Crippen LogP contribution is -2.23. The molecule has 2 heterocycles. The van der Waals surface area contributed by atoms with Gasteiger partial charge < -0.3 is 4.90 Å². The first-order valence-corrected chi connectivity index (χ1v) is 6.72. The van der Waals surface area contributed by atoms with E-state index in [1.54, 1.807) is 0 Å². The van der Waals surface area contributed by atoms with Gasteiger partial charge in [0.2, 0.25) is 5.95 Å². The van der Waals surface area contributed by atoms with E-state index in [9.17, 15) is 0 Å². The predicted octanol–water partition coefficient (Wildman–Crippen LogP) is 2.88. The molecule has 1 saturated heterocycles. The molecule has 2 rings (SSSR count). The molecule has 1 atom stereocenters. The van der Waals surface area contributed by atoms with Gasteiger partial charge in [-0.15, -0.1) is 0 Å². The van der Waals surface area contributed by atoms with Gasteiger partial charge in [-0.2, -0.15) is 0 Å². The van der Waals surface area contributed by atoms with Crippen LogP contribution in [0.1, 0.15) is 37.6 Å². The van der Waals surface area contributed by atoms with Gasteiger partial charge in [-0.05, 0) is 25.3 Å². The molecule has 0 aliphatic carbocycles. The average Bonchev–Trinajstić information content (AvgIpc) is 2.64. The number of alkyl halides is 1. The highest BCUT2D eigenvalue weighted by Gasteiger charge is 2.22. The zero-order valence-electron chi connectivity index (χ0n) is 10.1. The maximum Gasteiger partial charge on any atom is 0.225 e. The van der Waals surface area contributed by atoms with Crippen LogP contribution in [-0.4, -0.2) is 27.9 Å². The van der Waals surface area contributed by atoms with Crippen molar-refractivity contribution in [3.05, 3.63) is 17.5 Å². The Labute approximate surface area is 105 Å². The first-order valence-electron chi connectivity index (χ1n) is 5.81. The second-order valence-corrected chi connectivity index (χ2v) is 6.02. The van der Waals surface area contributed by atoms with E-state index in [-0.39, 0.29) is 0 Å². The summed E-state index contributed by atoms with van der Waals surface area (Å²) < 4.78 is 0. The van der Waals surface area contributed by atoms with Crippen molar-refractivity contribution in [2.75, 3.05) is 18.0 Å². The molecule has 0 N–H and O–H groups in total. The molecular formula is C12H18BrN3. The summed E-state index contributed by atoms with van der Waals surface area (Å²) in [6.07, 6.45) is 1.17. The molecule has 0 bridgehead atoms. The number of halogens is 1. The van der Waals surface area contributed by atoms with Crippen LogP contribution < -0.4 is 4.90 Å². The van der Waals surface area contributed by atoms with Crippen molar-refractivity contribution in [1.29, 1.82) is 0 Å². The molecule has 1 aromatic heterocycles. The highest BCUT2D eigenvalue weighted by Crippen LogP contribution is 2.23. The maximum absolute atomic E-state index is 4.64. The van der Waals surface area contributed by atoms with Crippen LogP contribution in [-0.2, 0) is 0 Å². The molecule has 4 heteroatoms. The zero-order valence-corrected chi connectivity index (χ0v) is 11.7. The summed E-state index contributed by atoms with van der Waals surface area (Å²) in [7, 11) is 0. The summed E-state index contributed by atoms with van der Waals surface area (Å²) in [5.74, 6) is 1.36. The maximum atomic E-state index is 4.64. The van der Waals surface area contributed by atoms with Gasteiger partial charge in [0, 0.05) is 29.3 Å². The smallest absolute Gasteiger partial charge is 0.225 e. The van der Waals surface area contributed by atoms with Crippen LogP contribution in [0.2, 0.25) is 0 Å². The van der Waals surface area contributed by atoms with Crippen LogP contribution in [0.4, 0.5) is 5.95 Å². The Morgan fingerprint density at radius 3 is 2.75 bits per heavy atom. The third-order valence-corrected chi connectivity index (χ3v) is 3.61. The van der Waals surface area contributed by atoms with Crippen molar-refractivity contribution in [3.63, 3.8) is 0 Å². The van der Waals surface area contributed by atoms with Crippen LogP contribution in [0.25, 0.3) is 0 Å². The molecule has 16 heavy (non-hydrogen) atoms. The summed E-state index contributed by atoms with van der Waals surface area (Å²) in [6, 6.07) is 2.08. The molecule has 1 unspecified atom stereocenters. The van der Waals surface area contributed by atoms with E-state index in [0.29, 0.717) is 10.7 Å². The van der Waals surface area contributed by atoms with Crippen LogP contribution in [0, 0.1) is 6.92 Å². The van der Waals surface area contributed by atoms with Crippen LogP contribution in [0.15, 0.2) is 6.07 Å². The van der Waals surface area contributed by atoms with E-state index in [1.807, 2.05) is 6.92 Å². The highest BCUT2D eigenvalue weighted by atomic mass is 79.9. The Balaban J connectivity index is 2.27. The van der Waals surface area contributed by atoms with Gasteiger partial charge in [0.25, 0.3) is 0 Å². The average molecular weight is 284 g/mol. The van der Waals surface area contributed by atoms with Crippen LogP contribution >= 0.6 is 15.9 Å². The molecular weight excluding hydrogens is 266 g/mol. The summed E-state index contributed by atoms with van der Waals surface area (Å²) in [5, 5.41) is 0. The number of nitrogens with zero attached hydrogens (tertiary/aromatic N) is 3. The first-order chi connectivity index (χ1) is 7.56. The molecule has 0 saturated carbocycles.